The average Bonchev–Trinajstić information content (AvgIpc) is 2.70. The van der Waals surface area contributed by atoms with Crippen molar-refractivity contribution in [2.75, 3.05) is 40.4 Å². The van der Waals surface area contributed by atoms with E-state index in [4.69, 9.17) is 9.47 Å². The van der Waals surface area contributed by atoms with Crippen molar-refractivity contribution < 1.29 is 19.1 Å². The molecule has 1 N–H and O–H groups in total. The van der Waals surface area contributed by atoms with Crippen molar-refractivity contribution in [1.82, 2.24) is 15.1 Å². The van der Waals surface area contributed by atoms with E-state index in [2.05, 4.69) is 18.5 Å². The molecule has 0 saturated carbocycles. The van der Waals surface area contributed by atoms with Crippen molar-refractivity contribution in [3.8, 4) is 11.5 Å². The van der Waals surface area contributed by atoms with E-state index in [0.29, 0.717) is 44.2 Å². The van der Waals surface area contributed by atoms with E-state index >= 15 is 0 Å². The molecule has 1 fully saturated rings. The van der Waals surface area contributed by atoms with Gasteiger partial charge in [-0.1, -0.05) is 18.2 Å². The van der Waals surface area contributed by atoms with Crippen LogP contribution in [0.15, 0.2) is 43.5 Å². The van der Waals surface area contributed by atoms with Crippen molar-refractivity contribution >= 4 is 11.8 Å². The van der Waals surface area contributed by atoms with Gasteiger partial charge in [-0.25, -0.2) is 0 Å². The predicted molar refractivity (Wildman–Crippen MR) is 108 cm³/mol. The van der Waals surface area contributed by atoms with E-state index in [9.17, 15) is 9.59 Å². The standard InChI is InChI=1S/C21H29N3O4/c1-5-10-23(11-6-2)20(25)14-17-21(26)22-9-12-24(17)15-16-7-8-18(27-3)19(13-16)28-4/h5-8,13,17H,1-2,9-12,14-15H2,3-4H3,(H,22,26). The van der Waals surface area contributed by atoms with Gasteiger partial charge in [0, 0.05) is 32.7 Å². The van der Waals surface area contributed by atoms with E-state index in [1.54, 1.807) is 31.3 Å². The Labute approximate surface area is 166 Å². The average molecular weight is 387 g/mol. The molecular formula is C21H29N3O4. The summed E-state index contributed by atoms with van der Waals surface area (Å²) in [6.07, 6.45) is 3.45. The highest BCUT2D eigenvalue weighted by atomic mass is 16.5. The number of rotatable bonds is 10. The molecule has 0 radical (unpaired) electrons. The van der Waals surface area contributed by atoms with Gasteiger partial charge in [0.1, 0.15) is 0 Å². The SMILES string of the molecule is C=CCN(CC=C)C(=O)CC1C(=O)NCCN1Cc1ccc(OC)c(OC)c1. The number of nitrogens with zero attached hydrogens (tertiary/aromatic N) is 2. The monoisotopic (exact) mass is 387 g/mol. The number of carbonyl (C=O) groups is 2. The molecule has 0 bridgehead atoms. The summed E-state index contributed by atoms with van der Waals surface area (Å²) >= 11 is 0. The summed E-state index contributed by atoms with van der Waals surface area (Å²) in [6.45, 7) is 9.99. The minimum Gasteiger partial charge on any atom is -0.493 e. The van der Waals surface area contributed by atoms with Gasteiger partial charge in [-0.15, -0.1) is 13.2 Å². The first-order valence-corrected chi connectivity index (χ1v) is 9.26. The summed E-state index contributed by atoms with van der Waals surface area (Å²) in [5, 5.41) is 2.86. The second-order valence-corrected chi connectivity index (χ2v) is 6.55. The lowest BCUT2D eigenvalue weighted by Gasteiger charge is -2.35. The van der Waals surface area contributed by atoms with Crippen molar-refractivity contribution in [3.63, 3.8) is 0 Å². The van der Waals surface area contributed by atoms with E-state index in [1.807, 2.05) is 23.1 Å². The summed E-state index contributed by atoms with van der Waals surface area (Å²) in [5.74, 6) is 1.06. The second-order valence-electron chi connectivity index (χ2n) is 6.55. The largest absolute Gasteiger partial charge is 0.493 e. The third kappa shape index (κ3) is 5.36. The van der Waals surface area contributed by atoms with Gasteiger partial charge in [0.2, 0.25) is 11.8 Å². The maximum atomic E-state index is 12.7. The van der Waals surface area contributed by atoms with E-state index in [-0.39, 0.29) is 18.2 Å². The Balaban J connectivity index is 2.15. The minimum absolute atomic E-state index is 0.0980. The van der Waals surface area contributed by atoms with Gasteiger partial charge >= 0.3 is 0 Å². The Morgan fingerprint density at radius 3 is 2.54 bits per heavy atom. The highest BCUT2D eigenvalue weighted by Gasteiger charge is 2.32. The first kappa shape index (κ1) is 21.5. The molecule has 2 rings (SSSR count). The van der Waals surface area contributed by atoms with E-state index < -0.39 is 6.04 Å². The lowest BCUT2D eigenvalue weighted by molar-refractivity contribution is -0.138. The zero-order chi connectivity index (χ0) is 20.5. The third-order valence-electron chi connectivity index (χ3n) is 4.69. The van der Waals surface area contributed by atoms with Crippen LogP contribution < -0.4 is 14.8 Å². The third-order valence-corrected chi connectivity index (χ3v) is 4.69. The number of nitrogens with one attached hydrogen (secondary N) is 1. The van der Waals surface area contributed by atoms with Crippen molar-refractivity contribution in [2.45, 2.75) is 19.0 Å². The number of hydrogen-bond donors (Lipinski definition) is 1. The molecule has 2 amide bonds. The second kappa shape index (κ2) is 10.5. The smallest absolute Gasteiger partial charge is 0.237 e. The summed E-state index contributed by atoms with van der Waals surface area (Å²) in [5.41, 5.74) is 0.985. The summed E-state index contributed by atoms with van der Waals surface area (Å²) < 4.78 is 10.6. The molecule has 1 atom stereocenters. The molecule has 1 heterocycles. The van der Waals surface area contributed by atoms with Crippen molar-refractivity contribution in [3.05, 3.63) is 49.1 Å². The van der Waals surface area contributed by atoms with Crippen LogP contribution in [0.1, 0.15) is 12.0 Å². The van der Waals surface area contributed by atoms with Crippen LogP contribution in [0, 0.1) is 0 Å². The quantitative estimate of drug-likeness (QED) is 0.618. The van der Waals surface area contributed by atoms with E-state index in [1.165, 1.54) is 0 Å². The molecule has 152 valence electrons. The van der Waals surface area contributed by atoms with Gasteiger partial charge in [-0.05, 0) is 17.7 Å². The molecule has 1 aliphatic rings. The minimum atomic E-state index is -0.522. The highest BCUT2D eigenvalue weighted by molar-refractivity contribution is 5.89. The Morgan fingerprint density at radius 1 is 1.25 bits per heavy atom. The van der Waals surface area contributed by atoms with E-state index in [0.717, 1.165) is 5.56 Å². The lowest BCUT2D eigenvalue weighted by Crippen LogP contribution is -2.56. The number of ether oxygens (including phenoxy) is 2. The van der Waals surface area contributed by atoms with Crippen LogP contribution in [0.2, 0.25) is 0 Å². The predicted octanol–water partition coefficient (Wildman–Crippen LogP) is 1.59. The molecule has 0 spiro atoms. The summed E-state index contributed by atoms with van der Waals surface area (Å²) in [7, 11) is 3.18. The Hall–Kier alpha value is -2.80. The molecule has 1 aliphatic heterocycles. The highest BCUT2D eigenvalue weighted by Crippen LogP contribution is 2.28. The molecule has 1 aromatic rings. The number of piperazine rings is 1. The first-order valence-electron chi connectivity index (χ1n) is 9.26. The van der Waals surface area contributed by atoms with Crippen molar-refractivity contribution in [2.24, 2.45) is 0 Å². The van der Waals surface area contributed by atoms with Crippen LogP contribution >= 0.6 is 0 Å². The Morgan fingerprint density at radius 2 is 1.93 bits per heavy atom. The fourth-order valence-corrected chi connectivity index (χ4v) is 3.27. The van der Waals surface area contributed by atoms with Crippen molar-refractivity contribution in [1.29, 1.82) is 0 Å². The zero-order valence-electron chi connectivity index (χ0n) is 16.6. The number of amides is 2. The first-order chi connectivity index (χ1) is 13.5. The Bertz CT molecular complexity index is 710. The van der Waals surface area contributed by atoms with Crippen LogP contribution in [0.25, 0.3) is 0 Å². The van der Waals surface area contributed by atoms with Gasteiger partial charge < -0.3 is 19.7 Å². The van der Waals surface area contributed by atoms with Crippen LogP contribution in [0.4, 0.5) is 0 Å². The topological polar surface area (TPSA) is 71.1 Å². The molecule has 0 aliphatic carbocycles. The van der Waals surface area contributed by atoms with Crippen LogP contribution in [-0.2, 0) is 16.1 Å². The molecule has 28 heavy (non-hydrogen) atoms. The lowest BCUT2D eigenvalue weighted by atomic mass is 10.1. The number of hydrogen-bond acceptors (Lipinski definition) is 5. The number of methoxy groups -OCH3 is 2. The fraction of sp³-hybridized carbons (Fsp3) is 0.429. The number of benzene rings is 1. The Kier molecular flexibility index (Phi) is 8.07. The maximum absolute atomic E-state index is 12.7. The molecule has 0 aromatic heterocycles. The van der Waals surface area contributed by atoms with Gasteiger partial charge in [0.15, 0.2) is 11.5 Å². The molecule has 1 unspecified atom stereocenters. The van der Waals surface area contributed by atoms with Crippen LogP contribution in [-0.4, -0.2) is 68.1 Å². The molecule has 7 nitrogen and oxygen atoms in total. The molecule has 1 aromatic carbocycles. The molecular weight excluding hydrogens is 358 g/mol. The zero-order valence-corrected chi connectivity index (χ0v) is 16.6. The fourth-order valence-electron chi connectivity index (χ4n) is 3.27. The molecule has 1 saturated heterocycles. The maximum Gasteiger partial charge on any atom is 0.237 e. The number of carbonyl (C=O) groups excluding carboxylic acids is 2. The van der Waals surface area contributed by atoms with Crippen LogP contribution in [0.5, 0.6) is 11.5 Å². The normalized spacial score (nSPS) is 16.8. The van der Waals surface area contributed by atoms with Gasteiger partial charge in [-0.3, -0.25) is 14.5 Å². The summed E-state index contributed by atoms with van der Waals surface area (Å²) in [4.78, 5) is 28.9. The summed E-state index contributed by atoms with van der Waals surface area (Å²) in [6, 6.07) is 5.15. The van der Waals surface area contributed by atoms with Crippen LogP contribution in [0.3, 0.4) is 0 Å². The molecule has 7 heteroatoms. The van der Waals surface area contributed by atoms with Gasteiger partial charge in [0.05, 0.1) is 26.7 Å². The van der Waals surface area contributed by atoms with Gasteiger partial charge in [0.25, 0.3) is 0 Å². The van der Waals surface area contributed by atoms with Gasteiger partial charge in [-0.2, -0.15) is 0 Å².